The summed E-state index contributed by atoms with van der Waals surface area (Å²) in [5.41, 5.74) is 0.509. The lowest BCUT2D eigenvalue weighted by Gasteiger charge is -2.19. The Morgan fingerprint density at radius 1 is 1.67 bits per heavy atom. The van der Waals surface area contributed by atoms with Crippen molar-refractivity contribution < 1.29 is 4.79 Å². The summed E-state index contributed by atoms with van der Waals surface area (Å²) in [6, 6.07) is 1.64. The van der Waals surface area contributed by atoms with E-state index in [1.165, 1.54) is 6.20 Å². The standard InChI is InChI=1S/C10H12BrClN2O/c1-2-14(6-4-11)10(15)8-3-5-13-7-9(8)12/h3,5,7H,2,4,6H2,1H3. The zero-order valence-electron chi connectivity index (χ0n) is 8.41. The number of aromatic nitrogens is 1. The van der Waals surface area contributed by atoms with Crippen LogP contribution >= 0.6 is 27.5 Å². The van der Waals surface area contributed by atoms with Gasteiger partial charge in [-0.2, -0.15) is 0 Å². The molecule has 3 nitrogen and oxygen atoms in total. The van der Waals surface area contributed by atoms with E-state index in [1.54, 1.807) is 17.2 Å². The van der Waals surface area contributed by atoms with Crippen LogP contribution < -0.4 is 0 Å². The van der Waals surface area contributed by atoms with E-state index in [0.29, 0.717) is 23.7 Å². The zero-order chi connectivity index (χ0) is 11.3. The fourth-order valence-corrected chi connectivity index (χ4v) is 1.85. The highest BCUT2D eigenvalue weighted by molar-refractivity contribution is 9.09. The van der Waals surface area contributed by atoms with Crippen molar-refractivity contribution in [2.75, 3.05) is 18.4 Å². The Labute approximate surface area is 103 Å². The molecule has 0 unspecified atom stereocenters. The van der Waals surface area contributed by atoms with Crippen LogP contribution in [0.2, 0.25) is 5.02 Å². The number of nitrogens with zero attached hydrogens (tertiary/aromatic N) is 2. The number of halogens is 2. The number of hydrogen-bond acceptors (Lipinski definition) is 2. The van der Waals surface area contributed by atoms with E-state index in [9.17, 15) is 4.79 Å². The van der Waals surface area contributed by atoms with Crippen molar-refractivity contribution in [1.82, 2.24) is 9.88 Å². The van der Waals surface area contributed by atoms with Gasteiger partial charge in [-0.25, -0.2) is 0 Å². The summed E-state index contributed by atoms with van der Waals surface area (Å²) < 4.78 is 0. The van der Waals surface area contributed by atoms with Crippen molar-refractivity contribution in [3.63, 3.8) is 0 Å². The molecule has 1 rings (SSSR count). The highest BCUT2D eigenvalue weighted by Gasteiger charge is 2.15. The van der Waals surface area contributed by atoms with Gasteiger partial charge in [0.15, 0.2) is 0 Å². The van der Waals surface area contributed by atoms with Gasteiger partial charge in [-0.05, 0) is 13.0 Å². The maximum Gasteiger partial charge on any atom is 0.255 e. The molecular formula is C10H12BrClN2O. The first-order valence-corrected chi connectivity index (χ1v) is 6.15. The van der Waals surface area contributed by atoms with E-state index < -0.39 is 0 Å². The van der Waals surface area contributed by atoms with Crippen LogP contribution in [-0.2, 0) is 0 Å². The number of pyridine rings is 1. The highest BCUT2D eigenvalue weighted by atomic mass is 79.9. The topological polar surface area (TPSA) is 33.2 Å². The minimum Gasteiger partial charge on any atom is -0.338 e. The predicted octanol–water partition coefficient (Wildman–Crippen LogP) is 2.59. The van der Waals surface area contributed by atoms with Crippen LogP contribution in [0.1, 0.15) is 17.3 Å². The quantitative estimate of drug-likeness (QED) is 0.799. The summed E-state index contributed by atoms with van der Waals surface area (Å²) in [4.78, 5) is 17.6. The third-order valence-corrected chi connectivity index (χ3v) is 2.68. The Balaban J connectivity index is 2.88. The molecule has 0 aromatic carbocycles. The molecule has 82 valence electrons. The van der Waals surface area contributed by atoms with Crippen LogP contribution in [0, 0.1) is 0 Å². The van der Waals surface area contributed by atoms with Gasteiger partial charge >= 0.3 is 0 Å². The molecule has 0 radical (unpaired) electrons. The fraction of sp³-hybridized carbons (Fsp3) is 0.400. The molecule has 15 heavy (non-hydrogen) atoms. The molecule has 5 heteroatoms. The third-order valence-electron chi connectivity index (χ3n) is 2.03. The largest absolute Gasteiger partial charge is 0.338 e. The molecule has 0 aliphatic heterocycles. The molecule has 0 saturated heterocycles. The molecule has 0 N–H and O–H groups in total. The Morgan fingerprint density at radius 3 is 2.93 bits per heavy atom. The first-order valence-electron chi connectivity index (χ1n) is 4.65. The number of carbonyl (C=O) groups excluding carboxylic acids is 1. The fourth-order valence-electron chi connectivity index (χ4n) is 1.22. The van der Waals surface area contributed by atoms with Gasteiger partial charge < -0.3 is 4.90 Å². The van der Waals surface area contributed by atoms with Gasteiger partial charge in [-0.15, -0.1) is 0 Å². The molecule has 1 aromatic rings. The SMILES string of the molecule is CCN(CCBr)C(=O)c1ccncc1Cl. The lowest BCUT2D eigenvalue weighted by atomic mass is 10.2. The van der Waals surface area contributed by atoms with Crippen LogP contribution in [-0.4, -0.2) is 34.2 Å². The average Bonchev–Trinajstić information content (AvgIpc) is 2.25. The number of alkyl halides is 1. The summed E-state index contributed by atoms with van der Waals surface area (Å²) in [6.07, 6.45) is 3.05. The minimum absolute atomic E-state index is 0.0515. The number of amides is 1. The average molecular weight is 292 g/mol. The van der Waals surface area contributed by atoms with Crippen molar-refractivity contribution in [3.8, 4) is 0 Å². The first-order chi connectivity index (χ1) is 7.20. The van der Waals surface area contributed by atoms with Crippen molar-refractivity contribution in [3.05, 3.63) is 29.0 Å². The van der Waals surface area contributed by atoms with E-state index >= 15 is 0 Å². The van der Waals surface area contributed by atoms with Gasteiger partial charge in [-0.3, -0.25) is 9.78 Å². The maximum absolute atomic E-state index is 12.0. The third kappa shape index (κ3) is 3.18. The molecule has 0 bridgehead atoms. The second kappa shape index (κ2) is 6.08. The van der Waals surface area contributed by atoms with Gasteiger partial charge in [-0.1, -0.05) is 27.5 Å². The molecule has 0 spiro atoms. The number of hydrogen-bond donors (Lipinski definition) is 0. The van der Waals surface area contributed by atoms with Crippen molar-refractivity contribution >= 4 is 33.4 Å². The van der Waals surface area contributed by atoms with Crippen LogP contribution in [0.4, 0.5) is 0 Å². The van der Waals surface area contributed by atoms with Gasteiger partial charge in [0.1, 0.15) is 0 Å². The smallest absolute Gasteiger partial charge is 0.255 e. The van der Waals surface area contributed by atoms with E-state index in [-0.39, 0.29) is 5.91 Å². The van der Waals surface area contributed by atoms with Crippen molar-refractivity contribution in [2.24, 2.45) is 0 Å². The molecular weight excluding hydrogens is 279 g/mol. The van der Waals surface area contributed by atoms with E-state index in [1.807, 2.05) is 6.92 Å². The predicted molar refractivity (Wildman–Crippen MR) is 64.6 cm³/mol. The summed E-state index contributed by atoms with van der Waals surface area (Å²) in [5.74, 6) is -0.0515. The maximum atomic E-state index is 12.0. The highest BCUT2D eigenvalue weighted by Crippen LogP contribution is 2.15. The molecule has 0 saturated carbocycles. The summed E-state index contributed by atoms with van der Waals surface area (Å²) >= 11 is 9.21. The summed E-state index contributed by atoms with van der Waals surface area (Å²) in [5, 5.41) is 1.16. The second-order valence-electron chi connectivity index (χ2n) is 2.93. The molecule has 0 fully saturated rings. The van der Waals surface area contributed by atoms with Gasteiger partial charge in [0.05, 0.1) is 10.6 Å². The molecule has 0 aliphatic carbocycles. The lowest BCUT2D eigenvalue weighted by molar-refractivity contribution is 0.0775. The number of carbonyl (C=O) groups is 1. The Kier molecular flexibility index (Phi) is 5.05. The van der Waals surface area contributed by atoms with Crippen molar-refractivity contribution in [2.45, 2.75) is 6.92 Å². The summed E-state index contributed by atoms with van der Waals surface area (Å²) in [7, 11) is 0. The molecule has 0 aliphatic rings. The van der Waals surface area contributed by atoms with Crippen LogP contribution in [0.25, 0.3) is 0 Å². The van der Waals surface area contributed by atoms with E-state index in [2.05, 4.69) is 20.9 Å². The second-order valence-corrected chi connectivity index (χ2v) is 4.13. The lowest BCUT2D eigenvalue weighted by Crippen LogP contribution is -2.32. The van der Waals surface area contributed by atoms with Gasteiger partial charge in [0, 0.05) is 30.8 Å². The van der Waals surface area contributed by atoms with E-state index in [0.717, 1.165) is 5.33 Å². The first kappa shape index (κ1) is 12.5. The minimum atomic E-state index is -0.0515. The van der Waals surface area contributed by atoms with Crippen LogP contribution in [0.15, 0.2) is 18.5 Å². The van der Waals surface area contributed by atoms with Crippen LogP contribution in [0.5, 0.6) is 0 Å². The monoisotopic (exact) mass is 290 g/mol. The summed E-state index contributed by atoms with van der Waals surface area (Å²) in [6.45, 7) is 3.28. The molecule has 1 aromatic heterocycles. The van der Waals surface area contributed by atoms with E-state index in [4.69, 9.17) is 11.6 Å². The molecule has 1 heterocycles. The van der Waals surface area contributed by atoms with Gasteiger partial charge in [0.25, 0.3) is 5.91 Å². The Bertz CT molecular complexity index is 346. The molecule has 0 atom stereocenters. The van der Waals surface area contributed by atoms with Crippen molar-refractivity contribution in [1.29, 1.82) is 0 Å². The Hall–Kier alpha value is -0.610. The normalized spacial score (nSPS) is 10.1. The number of rotatable bonds is 4. The molecule has 1 amide bonds. The zero-order valence-corrected chi connectivity index (χ0v) is 10.8. The van der Waals surface area contributed by atoms with Gasteiger partial charge in [0.2, 0.25) is 0 Å². The Morgan fingerprint density at radius 2 is 2.40 bits per heavy atom. The van der Waals surface area contributed by atoms with Crippen LogP contribution in [0.3, 0.4) is 0 Å².